The third-order valence-corrected chi connectivity index (χ3v) is 3.60. The molecule has 0 bridgehead atoms. The lowest BCUT2D eigenvalue weighted by molar-refractivity contribution is -0.132. The number of likely N-dealkylation sites (tertiary alicyclic amines) is 1. The Morgan fingerprint density at radius 2 is 2.05 bits per heavy atom. The van der Waals surface area contributed by atoms with Crippen LogP contribution in [0.2, 0.25) is 0 Å². The minimum absolute atomic E-state index is 0.0238. The molecule has 1 aliphatic heterocycles. The van der Waals surface area contributed by atoms with Crippen LogP contribution in [0.15, 0.2) is 28.7 Å². The van der Waals surface area contributed by atoms with Crippen molar-refractivity contribution in [3.8, 4) is 5.75 Å². The van der Waals surface area contributed by atoms with Gasteiger partial charge in [0.05, 0.1) is 11.9 Å². The predicted octanol–water partition coefficient (Wildman–Crippen LogP) is 1.89. The van der Waals surface area contributed by atoms with E-state index in [0.717, 1.165) is 36.9 Å². The zero-order valence-electron chi connectivity index (χ0n) is 11.3. The Kier molecular flexibility index (Phi) is 3.60. The van der Waals surface area contributed by atoms with Crippen LogP contribution in [0.4, 0.5) is 0 Å². The number of nitrogens with two attached hydrogens (primary N) is 1. The Balaban J connectivity index is 1.77. The minimum Gasteiger partial charge on any atom is -0.479 e. The second-order valence-corrected chi connectivity index (χ2v) is 4.93. The molecule has 0 spiro atoms. The number of furan rings is 1. The highest BCUT2D eigenvalue weighted by molar-refractivity contribution is 5.86. The molecule has 2 heterocycles. The molecule has 1 saturated heterocycles. The fraction of sp³-hybridized carbons (Fsp3) is 0.400. The lowest BCUT2D eigenvalue weighted by atomic mass is 10.2. The molecule has 1 aromatic heterocycles. The van der Waals surface area contributed by atoms with Crippen LogP contribution in [0.25, 0.3) is 11.0 Å². The summed E-state index contributed by atoms with van der Waals surface area (Å²) < 4.78 is 11.3. The van der Waals surface area contributed by atoms with Gasteiger partial charge in [0.2, 0.25) is 0 Å². The molecule has 2 N–H and O–H groups in total. The Hall–Kier alpha value is -2.01. The first-order chi connectivity index (χ1) is 9.79. The molecule has 1 aliphatic rings. The molecule has 2 aromatic rings. The maximum atomic E-state index is 12.0. The lowest BCUT2D eigenvalue weighted by Crippen LogP contribution is -2.32. The average Bonchev–Trinajstić information content (AvgIpc) is 3.12. The summed E-state index contributed by atoms with van der Waals surface area (Å²) in [6.45, 7) is 1.95. The molecule has 0 aliphatic carbocycles. The van der Waals surface area contributed by atoms with E-state index in [9.17, 15) is 4.79 Å². The van der Waals surface area contributed by atoms with E-state index in [-0.39, 0.29) is 19.1 Å². The van der Waals surface area contributed by atoms with Crippen molar-refractivity contribution in [1.82, 2.24) is 4.90 Å². The van der Waals surface area contributed by atoms with Crippen LogP contribution in [0.3, 0.4) is 0 Å². The number of carbonyl (C=O) groups is 1. The molecule has 5 heteroatoms. The summed E-state index contributed by atoms with van der Waals surface area (Å²) in [5.41, 5.74) is 6.41. The molecule has 0 atom stereocenters. The van der Waals surface area contributed by atoms with E-state index in [2.05, 4.69) is 0 Å². The van der Waals surface area contributed by atoms with Gasteiger partial charge < -0.3 is 19.8 Å². The van der Waals surface area contributed by atoms with Crippen molar-refractivity contribution in [1.29, 1.82) is 0 Å². The zero-order valence-corrected chi connectivity index (χ0v) is 11.3. The summed E-state index contributed by atoms with van der Waals surface area (Å²) in [6, 6.07) is 7.58. The molecule has 1 amide bonds. The van der Waals surface area contributed by atoms with E-state index in [1.165, 1.54) is 0 Å². The van der Waals surface area contributed by atoms with Crippen LogP contribution >= 0.6 is 0 Å². The molecule has 106 valence electrons. The van der Waals surface area contributed by atoms with Crippen molar-refractivity contribution in [3.05, 3.63) is 30.0 Å². The maximum absolute atomic E-state index is 12.0. The van der Waals surface area contributed by atoms with Crippen LogP contribution in [0.1, 0.15) is 18.6 Å². The van der Waals surface area contributed by atoms with Gasteiger partial charge in [-0.05, 0) is 25.0 Å². The normalized spacial score (nSPS) is 14.9. The summed E-state index contributed by atoms with van der Waals surface area (Å²) in [4.78, 5) is 13.9. The van der Waals surface area contributed by atoms with E-state index in [0.29, 0.717) is 11.5 Å². The maximum Gasteiger partial charge on any atom is 0.260 e. The van der Waals surface area contributed by atoms with Crippen molar-refractivity contribution >= 4 is 16.9 Å². The van der Waals surface area contributed by atoms with Crippen molar-refractivity contribution in [2.75, 3.05) is 19.7 Å². The first-order valence-corrected chi connectivity index (χ1v) is 6.90. The number of rotatable bonds is 4. The molecule has 20 heavy (non-hydrogen) atoms. The Morgan fingerprint density at radius 1 is 1.30 bits per heavy atom. The predicted molar refractivity (Wildman–Crippen MR) is 75.4 cm³/mol. The fourth-order valence-corrected chi connectivity index (χ4v) is 2.56. The van der Waals surface area contributed by atoms with Crippen LogP contribution in [-0.4, -0.2) is 30.5 Å². The standard InChI is InChI=1S/C15H18N2O3/c16-9-13-15(11-5-1-2-6-12(11)20-13)19-10-14(18)17-7-3-4-8-17/h1-2,5-6H,3-4,7-10,16H2. The van der Waals surface area contributed by atoms with E-state index in [4.69, 9.17) is 14.9 Å². The van der Waals surface area contributed by atoms with Gasteiger partial charge in [0.25, 0.3) is 5.91 Å². The molecule has 0 radical (unpaired) electrons. The highest BCUT2D eigenvalue weighted by Gasteiger charge is 2.20. The highest BCUT2D eigenvalue weighted by atomic mass is 16.5. The topological polar surface area (TPSA) is 68.7 Å². The quantitative estimate of drug-likeness (QED) is 0.924. The first kappa shape index (κ1) is 13.0. The van der Waals surface area contributed by atoms with Crippen molar-refractivity contribution < 1.29 is 13.9 Å². The monoisotopic (exact) mass is 274 g/mol. The Morgan fingerprint density at radius 3 is 2.80 bits per heavy atom. The summed E-state index contributed by atoms with van der Waals surface area (Å²) in [6.07, 6.45) is 2.16. The first-order valence-electron chi connectivity index (χ1n) is 6.90. The molecule has 3 rings (SSSR count). The number of amides is 1. The largest absolute Gasteiger partial charge is 0.479 e. The van der Waals surface area contributed by atoms with Gasteiger partial charge in [-0.2, -0.15) is 0 Å². The van der Waals surface area contributed by atoms with Crippen molar-refractivity contribution in [2.45, 2.75) is 19.4 Å². The Bertz CT molecular complexity index is 615. The third-order valence-electron chi connectivity index (χ3n) is 3.60. The SMILES string of the molecule is NCc1oc2ccccc2c1OCC(=O)N1CCCC1. The van der Waals surface area contributed by atoms with Crippen LogP contribution in [0.5, 0.6) is 5.75 Å². The smallest absolute Gasteiger partial charge is 0.260 e. The molecular weight excluding hydrogens is 256 g/mol. The second kappa shape index (κ2) is 5.54. The number of hydrogen-bond donors (Lipinski definition) is 1. The molecule has 5 nitrogen and oxygen atoms in total. The van der Waals surface area contributed by atoms with Gasteiger partial charge in [0.15, 0.2) is 18.1 Å². The number of fused-ring (bicyclic) bond motifs is 1. The van der Waals surface area contributed by atoms with Crippen LogP contribution in [-0.2, 0) is 11.3 Å². The molecular formula is C15H18N2O3. The van der Waals surface area contributed by atoms with Gasteiger partial charge in [-0.25, -0.2) is 0 Å². The van der Waals surface area contributed by atoms with E-state index in [1.807, 2.05) is 29.2 Å². The van der Waals surface area contributed by atoms with Crippen LogP contribution in [0, 0.1) is 0 Å². The van der Waals surface area contributed by atoms with Gasteiger partial charge in [-0.15, -0.1) is 0 Å². The molecule has 1 aromatic carbocycles. The number of hydrogen-bond acceptors (Lipinski definition) is 4. The summed E-state index contributed by atoms with van der Waals surface area (Å²) in [5.74, 6) is 1.20. The zero-order chi connectivity index (χ0) is 13.9. The molecule has 0 unspecified atom stereocenters. The lowest BCUT2D eigenvalue weighted by Gasteiger charge is -2.15. The second-order valence-electron chi connectivity index (χ2n) is 4.93. The van der Waals surface area contributed by atoms with E-state index < -0.39 is 0 Å². The van der Waals surface area contributed by atoms with Crippen molar-refractivity contribution in [2.24, 2.45) is 5.73 Å². The van der Waals surface area contributed by atoms with Gasteiger partial charge in [0.1, 0.15) is 5.58 Å². The average molecular weight is 274 g/mol. The number of carbonyl (C=O) groups excluding carboxylic acids is 1. The summed E-state index contributed by atoms with van der Waals surface area (Å²) >= 11 is 0. The van der Waals surface area contributed by atoms with Gasteiger partial charge in [-0.1, -0.05) is 12.1 Å². The minimum atomic E-state index is 0.0238. The number of para-hydroxylation sites is 1. The van der Waals surface area contributed by atoms with Gasteiger partial charge >= 0.3 is 0 Å². The van der Waals surface area contributed by atoms with Gasteiger partial charge in [0, 0.05) is 13.1 Å². The fourth-order valence-electron chi connectivity index (χ4n) is 2.56. The molecule has 0 saturated carbocycles. The van der Waals surface area contributed by atoms with Gasteiger partial charge in [-0.3, -0.25) is 4.79 Å². The van der Waals surface area contributed by atoms with Crippen LogP contribution < -0.4 is 10.5 Å². The molecule has 1 fully saturated rings. The number of benzene rings is 1. The Labute approximate surface area is 117 Å². The van der Waals surface area contributed by atoms with E-state index in [1.54, 1.807) is 0 Å². The number of ether oxygens (including phenoxy) is 1. The number of nitrogens with zero attached hydrogens (tertiary/aromatic N) is 1. The summed E-state index contributed by atoms with van der Waals surface area (Å²) in [5, 5.41) is 0.863. The third kappa shape index (κ3) is 2.36. The van der Waals surface area contributed by atoms with Crippen molar-refractivity contribution in [3.63, 3.8) is 0 Å². The van der Waals surface area contributed by atoms with E-state index >= 15 is 0 Å². The highest BCUT2D eigenvalue weighted by Crippen LogP contribution is 2.32. The summed E-state index contributed by atoms with van der Waals surface area (Å²) in [7, 11) is 0.